The molecule has 3 saturated heterocycles. The van der Waals surface area contributed by atoms with Crippen LogP contribution in [-0.2, 0) is 6.42 Å². The third-order valence-electron chi connectivity index (χ3n) is 4.13. The highest BCUT2D eigenvalue weighted by Crippen LogP contribution is 2.22. The summed E-state index contributed by atoms with van der Waals surface area (Å²) in [5.74, 6) is -0.259. The summed E-state index contributed by atoms with van der Waals surface area (Å²) < 4.78 is 14.1. The topological polar surface area (TPSA) is 26.7 Å². The molecule has 2 bridgehead atoms. The van der Waals surface area contributed by atoms with Crippen LogP contribution in [0.15, 0.2) is 22.7 Å². The lowest BCUT2D eigenvalue weighted by Crippen LogP contribution is -2.64. The zero-order valence-corrected chi connectivity index (χ0v) is 12.3. The summed E-state index contributed by atoms with van der Waals surface area (Å²) in [6.45, 7) is 5.21. The number of piperazine rings is 3. The molecule has 3 aliphatic rings. The number of fused-ring (bicyclic) bond motifs is 3. The van der Waals surface area contributed by atoms with Gasteiger partial charge in [0, 0.05) is 49.7 Å². The van der Waals surface area contributed by atoms with E-state index in [1.165, 1.54) is 12.1 Å². The molecule has 104 valence electrons. The first kappa shape index (κ1) is 13.5. The van der Waals surface area contributed by atoms with Gasteiger partial charge in [0.15, 0.2) is 0 Å². The van der Waals surface area contributed by atoms with Crippen LogP contribution in [-0.4, -0.2) is 59.8 Å². The lowest BCUT2D eigenvalue weighted by atomic mass is 9.97. The lowest BCUT2D eigenvalue weighted by Gasteiger charge is -2.49. The van der Waals surface area contributed by atoms with Gasteiger partial charge in [0.1, 0.15) is 5.82 Å². The van der Waals surface area contributed by atoms with Gasteiger partial charge in [-0.2, -0.15) is 0 Å². The lowest BCUT2D eigenvalue weighted by molar-refractivity contribution is -0.0453. The van der Waals surface area contributed by atoms with Crippen LogP contribution in [0.5, 0.6) is 0 Å². The van der Waals surface area contributed by atoms with Crippen LogP contribution in [0.1, 0.15) is 5.56 Å². The molecule has 0 aliphatic carbocycles. The van der Waals surface area contributed by atoms with Crippen molar-refractivity contribution in [3.8, 4) is 0 Å². The number of rotatable bonds is 3. The van der Waals surface area contributed by atoms with Crippen molar-refractivity contribution in [2.45, 2.75) is 18.6 Å². The first-order valence-corrected chi connectivity index (χ1v) is 7.50. The summed E-state index contributed by atoms with van der Waals surface area (Å²) in [7, 11) is 0. The Labute approximate surface area is 121 Å². The second-order valence-electron chi connectivity index (χ2n) is 5.45. The van der Waals surface area contributed by atoms with E-state index in [4.69, 9.17) is 0 Å². The first-order chi connectivity index (χ1) is 9.11. The average Bonchev–Trinajstić information content (AvgIpc) is 2.38. The maximum Gasteiger partial charge on any atom is 0.124 e. The Morgan fingerprint density at radius 1 is 1.26 bits per heavy atom. The quantitative estimate of drug-likeness (QED) is 0.910. The Morgan fingerprint density at radius 3 is 2.58 bits per heavy atom. The first-order valence-electron chi connectivity index (χ1n) is 6.71. The molecule has 2 atom stereocenters. The standard InChI is InChI=1S/C14H18BrFN2O/c15-11-5-10(6-12(16)8-11)7-14(19)13-9-17-1-3-18(13)4-2-17/h5-6,8,13-14,19H,1-4,7,9H2. The molecule has 3 nitrogen and oxygen atoms in total. The van der Waals surface area contributed by atoms with Gasteiger partial charge in [-0.25, -0.2) is 4.39 Å². The maximum atomic E-state index is 13.3. The molecule has 19 heavy (non-hydrogen) atoms. The molecule has 1 aromatic rings. The Morgan fingerprint density at radius 2 is 2.00 bits per heavy atom. The fourth-order valence-corrected chi connectivity index (χ4v) is 3.64. The number of halogens is 2. The number of aliphatic hydroxyl groups excluding tert-OH is 1. The van der Waals surface area contributed by atoms with Gasteiger partial charge in [-0.05, 0) is 23.8 Å². The Kier molecular flexibility index (Phi) is 3.89. The predicted molar refractivity (Wildman–Crippen MR) is 75.6 cm³/mol. The van der Waals surface area contributed by atoms with E-state index in [1.54, 1.807) is 0 Å². The van der Waals surface area contributed by atoms with Crippen LogP contribution in [0.3, 0.4) is 0 Å². The van der Waals surface area contributed by atoms with E-state index < -0.39 is 6.10 Å². The van der Waals surface area contributed by atoms with Crippen LogP contribution in [0.4, 0.5) is 4.39 Å². The van der Waals surface area contributed by atoms with E-state index in [0.29, 0.717) is 6.42 Å². The van der Waals surface area contributed by atoms with Crippen LogP contribution >= 0.6 is 15.9 Å². The van der Waals surface area contributed by atoms with Gasteiger partial charge >= 0.3 is 0 Å². The molecule has 0 amide bonds. The van der Waals surface area contributed by atoms with Crippen molar-refractivity contribution in [3.63, 3.8) is 0 Å². The highest BCUT2D eigenvalue weighted by atomic mass is 79.9. The number of nitrogens with zero attached hydrogens (tertiary/aromatic N) is 2. The van der Waals surface area contributed by atoms with Crippen molar-refractivity contribution >= 4 is 15.9 Å². The number of hydrogen-bond acceptors (Lipinski definition) is 3. The molecule has 0 spiro atoms. The Hall–Kier alpha value is -0.490. The number of aliphatic hydroxyl groups is 1. The second-order valence-corrected chi connectivity index (χ2v) is 6.37. The smallest absolute Gasteiger partial charge is 0.124 e. The molecule has 0 radical (unpaired) electrons. The van der Waals surface area contributed by atoms with E-state index in [9.17, 15) is 9.50 Å². The summed E-state index contributed by atoms with van der Waals surface area (Å²) in [5.41, 5.74) is 0.844. The van der Waals surface area contributed by atoms with E-state index in [1.807, 2.05) is 6.07 Å². The highest BCUT2D eigenvalue weighted by Gasteiger charge is 2.35. The summed E-state index contributed by atoms with van der Waals surface area (Å²) in [6, 6.07) is 5.01. The summed E-state index contributed by atoms with van der Waals surface area (Å²) in [6.07, 6.45) is 0.0718. The molecule has 3 aliphatic heterocycles. The average molecular weight is 329 g/mol. The molecule has 1 N–H and O–H groups in total. The zero-order valence-electron chi connectivity index (χ0n) is 10.7. The van der Waals surface area contributed by atoms with E-state index >= 15 is 0 Å². The van der Waals surface area contributed by atoms with Gasteiger partial charge < -0.3 is 5.11 Å². The molecule has 2 unspecified atom stereocenters. The van der Waals surface area contributed by atoms with Crippen molar-refractivity contribution in [3.05, 3.63) is 34.1 Å². The van der Waals surface area contributed by atoms with Gasteiger partial charge in [0.2, 0.25) is 0 Å². The minimum Gasteiger partial charge on any atom is -0.391 e. The van der Waals surface area contributed by atoms with Gasteiger partial charge in [0.05, 0.1) is 6.10 Å². The summed E-state index contributed by atoms with van der Waals surface area (Å²) >= 11 is 3.29. The fraction of sp³-hybridized carbons (Fsp3) is 0.571. The molecule has 0 aromatic heterocycles. The van der Waals surface area contributed by atoms with Crippen LogP contribution < -0.4 is 0 Å². The minimum absolute atomic E-state index is 0.185. The zero-order chi connectivity index (χ0) is 13.4. The monoisotopic (exact) mass is 328 g/mol. The molecule has 3 heterocycles. The second kappa shape index (κ2) is 5.48. The number of hydrogen-bond donors (Lipinski definition) is 1. The fourth-order valence-electron chi connectivity index (χ4n) is 3.13. The normalized spacial score (nSPS) is 31.4. The van der Waals surface area contributed by atoms with Crippen molar-refractivity contribution in [1.29, 1.82) is 0 Å². The van der Waals surface area contributed by atoms with E-state index in [0.717, 1.165) is 42.8 Å². The van der Waals surface area contributed by atoms with E-state index in [-0.39, 0.29) is 11.9 Å². The van der Waals surface area contributed by atoms with Crippen LogP contribution in [0.25, 0.3) is 0 Å². The van der Waals surface area contributed by atoms with E-state index in [2.05, 4.69) is 25.7 Å². The molecule has 1 aromatic carbocycles. The summed E-state index contributed by atoms with van der Waals surface area (Å²) in [4.78, 5) is 4.76. The Balaban J connectivity index is 1.69. The largest absolute Gasteiger partial charge is 0.391 e. The molecule has 4 rings (SSSR count). The van der Waals surface area contributed by atoms with Crippen LogP contribution in [0.2, 0.25) is 0 Å². The van der Waals surface area contributed by atoms with Crippen LogP contribution in [0, 0.1) is 5.82 Å². The maximum absolute atomic E-state index is 13.3. The molecule has 3 fully saturated rings. The molecule has 0 saturated carbocycles. The Bertz CT molecular complexity index is 443. The number of benzene rings is 1. The van der Waals surface area contributed by atoms with Gasteiger partial charge in [-0.3, -0.25) is 9.80 Å². The molecule has 5 heteroatoms. The van der Waals surface area contributed by atoms with Crippen molar-refractivity contribution in [2.24, 2.45) is 0 Å². The molecular weight excluding hydrogens is 311 g/mol. The predicted octanol–water partition coefficient (Wildman–Crippen LogP) is 1.49. The van der Waals surface area contributed by atoms with Gasteiger partial charge in [0.25, 0.3) is 0 Å². The highest BCUT2D eigenvalue weighted by molar-refractivity contribution is 9.10. The van der Waals surface area contributed by atoms with Crippen molar-refractivity contribution in [2.75, 3.05) is 32.7 Å². The SMILES string of the molecule is OC(Cc1cc(F)cc(Br)c1)C1CN2CCN1CC2. The molecular formula is C14H18BrFN2O. The van der Waals surface area contributed by atoms with Gasteiger partial charge in [-0.15, -0.1) is 0 Å². The van der Waals surface area contributed by atoms with Crippen molar-refractivity contribution in [1.82, 2.24) is 9.80 Å². The minimum atomic E-state index is -0.434. The third-order valence-corrected chi connectivity index (χ3v) is 4.59. The van der Waals surface area contributed by atoms with Gasteiger partial charge in [-0.1, -0.05) is 15.9 Å². The third kappa shape index (κ3) is 2.99. The summed E-state index contributed by atoms with van der Waals surface area (Å²) in [5, 5.41) is 10.4. The van der Waals surface area contributed by atoms with Crippen molar-refractivity contribution < 1.29 is 9.50 Å².